The monoisotopic (exact) mass is 611 g/mol. The van der Waals surface area contributed by atoms with Gasteiger partial charge in [0.2, 0.25) is 6.20 Å². The molecule has 7 heterocycles. The molecule has 5 heteroatoms. The van der Waals surface area contributed by atoms with E-state index in [1.165, 1.54) is 88.0 Å². The topological polar surface area (TPSA) is 22.5 Å². The van der Waals surface area contributed by atoms with Crippen molar-refractivity contribution in [2.45, 2.75) is 5.66 Å². The van der Waals surface area contributed by atoms with Gasteiger partial charge in [0, 0.05) is 27.6 Å². The van der Waals surface area contributed by atoms with Crippen molar-refractivity contribution in [3.05, 3.63) is 163 Å². The summed E-state index contributed by atoms with van der Waals surface area (Å²) in [7, 11) is 0. The molecule has 0 amide bonds. The fourth-order valence-corrected chi connectivity index (χ4v) is 9.62. The molecule has 1 unspecified atom stereocenters. The number of pyridine rings is 1. The number of hydrogen-bond acceptors (Lipinski definition) is 0. The lowest BCUT2D eigenvalue weighted by Crippen LogP contribution is -2.76. The van der Waals surface area contributed by atoms with Crippen LogP contribution < -0.4 is 9.25 Å². The van der Waals surface area contributed by atoms with E-state index in [1.54, 1.807) is 0 Å². The SMILES string of the molecule is c1cc[n+]2c(c1)-n1c3ccccc3c3ccc4c(c31)C21c2c(ccc3c5ccccc5n-4c23)-n2cc(-c3ccc4ccccc4c3)c[n+]21. The Labute approximate surface area is 274 Å². The van der Waals surface area contributed by atoms with Gasteiger partial charge in [-0.05, 0) is 70.9 Å². The van der Waals surface area contributed by atoms with Crippen molar-refractivity contribution in [3.8, 4) is 28.3 Å². The lowest BCUT2D eigenvalue weighted by molar-refractivity contribution is -0.993. The van der Waals surface area contributed by atoms with Crippen molar-refractivity contribution >= 4 is 54.4 Å². The zero-order valence-corrected chi connectivity index (χ0v) is 25.7. The first-order chi connectivity index (χ1) is 23.8. The summed E-state index contributed by atoms with van der Waals surface area (Å²) in [5.41, 5.74) is 11.9. The summed E-state index contributed by atoms with van der Waals surface area (Å²) in [5, 5.41) is 7.65. The molecule has 10 aromatic rings. The van der Waals surface area contributed by atoms with Gasteiger partial charge in [0.05, 0.1) is 34.7 Å². The molecule has 13 rings (SSSR count). The highest BCUT2D eigenvalue weighted by atomic mass is 15.5. The highest BCUT2D eigenvalue weighted by Gasteiger charge is 2.68. The van der Waals surface area contributed by atoms with Gasteiger partial charge in [0.25, 0.3) is 5.82 Å². The summed E-state index contributed by atoms with van der Waals surface area (Å²) in [6.07, 6.45) is 7.02. The van der Waals surface area contributed by atoms with Gasteiger partial charge < -0.3 is 4.57 Å². The summed E-state index contributed by atoms with van der Waals surface area (Å²) < 4.78 is 12.5. The van der Waals surface area contributed by atoms with E-state index in [4.69, 9.17) is 0 Å². The van der Waals surface area contributed by atoms with E-state index in [2.05, 4.69) is 175 Å². The standard InChI is InChI=1S/C43H25N5/c1-2-10-27-23-28(17-16-26(27)9-1)29-24-45-36-20-18-32-30-11-3-5-13-34(30)47-37-21-19-33-31-12-4-6-14-35(31)48-38-15-7-8-22-44(38)43(46(45)25-29,39(36)41(32)47)40(37)42(33)48/h1-25H/q+2. The molecule has 0 aliphatic carbocycles. The van der Waals surface area contributed by atoms with Crippen LogP contribution in [0, 0.1) is 0 Å². The molecule has 0 saturated heterocycles. The van der Waals surface area contributed by atoms with Crippen molar-refractivity contribution in [1.82, 2.24) is 13.8 Å². The molecule has 220 valence electrons. The molecule has 0 saturated carbocycles. The molecule has 6 aromatic carbocycles. The number of nitrogens with zero attached hydrogens (tertiary/aromatic N) is 5. The number of hydrogen-bond donors (Lipinski definition) is 0. The summed E-state index contributed by atoms with van der Waals surface area (Å²) in [4.78, 5) is 0. The minimum Gasteiger partial charge on any atom is -0.307 e. The lowest BCUT2D eigenvalue weighted by Gasteiger charge is -2.33. The van der Waals surface area contributed by atoms with Gasteiger partial charge >= 0.3 is 5.66 Å². The highest BCUT2D eigenvalue weighted by molar-refractivity contribution is 6.16. The van der Waals surface area contributed by atoms with Gasteiger partial charge in [-0.25, -0.2) is 0 Å². The molecule has 3 aliphatic rings. The van der Waals surface area contributed by atoms with Crippen LogP contribution in [0.15, 0.2) is 152 Å². The van der Waals surface area contributed by atoms with Gasteiger partial charge in [0.15, 0.2) is 5.52 Å². The lowest BCUT2D eigenvalue weighted by atomic mass is 9.82. The van der Waals surface area contributed by atoms with Crippen molar-refractivity contribution in [3.63, 3.8) is 0 Å². The summed E-state index contributed by atoms with van der Waals surface area (Å²) in [6, 6.07) is 49.3. The minimum atomic E-state index is -0.649. The summed E-state index contributed by atoms with van der Waals surface area (Å²) >= 11 is 0. The summed E-state index contributed by atoms with van der Waals surface area (Å²) in [5.74, 6) is 1.16. The molecule has 3 aliphatic heterocycles. The molecule has 4 aromatic heterocycles. The Bertz CT molecular complexity index is 3130. The van der Waals surface area contributed by atoms with E-state index in [-0.39, 0.29) is 0 Å². The largest absolute Gasteiger partial charge is 0.394 e. The molecule has 5 nitrogen and oxygen atoms in total. The van der Waals surface area contributed by atoms with Crippen LogP contribution >= 0.6 is 0 Å². The van der Waals surface area contributed by atoms with E-state index in [0.717, 1.165) is 5.82 Å². The van der Waals surface area contributed by atoms with Crippen molar-refractivity contribution < 1.29 is 9.25 Å². The third-order valence-corrected chi connectivity index (χ3v) is 11.4. The van der Waals surface area contributed by atoms with Crippen LogP contribution in [-0.4, -0.2) is 13.8 Å². The smallest absolute Gasteiger partial charge is 0.307 e. The van der Waals surface area contributed by atoms with Crippen molar-refractivity contribution in [2.24, 2.45) is 0 Å². The van der Waals surface area contributed by atoms with Gasteiger partial charge in [-0.2, -0.15) is 9.13 Å². The molecule has 0 radical (unpaired) electrons. The minimum absolute atomic E-state index is 0.649. The van der Waals surface area contributed by atoms with Crippen molar-refractivity contribution in [2.75, 3.05) is 0 Å². The zero-order chi connectivity index (χ0) is 30.9. The van der Waals surface area contributed by atoms with Gasteiger partial charge in [0.1, 0.15) is 22.3 Å². The first-order valence-corrected chi connectivity index (χ1v) is 16.6. The van der Waals surface area contributed by atoms with E-state index in [0.29, 0.717) is 0 Å². The maximum absolute atomic E-state index is 2.55. The molecule has 0 bridgehead atoms. The Morgan fingerprint density at radius 3 is 2.00 bits per heavy atom. The maximum atomic E-state index is 2.55. The average Bonchev–Trinajstić information content (AvgIpc) is 3.89. The third kappa shape index (κ3) is 2.40. The first-order valence-electron chi connectivity index (χ1n) is 16.6. The number of benzene rings is 6. The molecule has 48 heavy (non-hydrogen) atoms. The van der Waals surface area contributed by atoms with Crippen LogP contribution in [0.1, 0.15) is 11.1 Å². The Hall–Kier alpha value is -6.46. The van der Waals surface area contributed by atoms with Gasteiger partial charge in [-0.3, -0.25) is 0 Å². The number of aromatic nitrogens is 5. The fraction of sp³-hybridized carbons (Fsp3) is 0.0233. The molecule has 1 atom stereocenters. The predicted octanol–water partition coefficient (Wildman–Crippen LogP) is 8.30. The molecular weight excluding hydrogens is 587 g/mol. The van der Waals surface area contributed by atoms with Crippen LogP contribution in [0.3, 0.4) is 0 Å². The van der Waals surface area contributed by atoms with Gasteiger partial charge in [-0.1, -0.05) is 77.5 Å². The summed E-state index contributed by atoms with van der Waals surface area (Å²) in [6.45, 7) is 0. The Morgan fingerprint density at radius 1 is 0.500 bits per heavy atom. The van der Waals surface area contributed by atoms with Gasteiger partial charge in [-0.15, -0.1) is 4.68 Å². The molecular formula is C43H25N5+2. The Balaban J connectivity index is 1.28. The Kier molecular flexibility index (Phi) is 3.84. The van der Waals surface area contributed by atoms with Crippen LogP contribution in [0.25, 0.3) is 82.7 Å². The average molecular weight is 612 g/mol. The van der Waals surface area contributed by atoms with E-state index >= 15 is 0 Å². The second-order valence-corrected chi connectivity index (χ2v) is 13.5. The van der Waals surface area contributed by atoms with E-state index in [9.17, 15) is 0 Å². The number of para-hydroxylation sites is 2. The number of fused-ring (bicyclic) bond motifs is 12. The molecule has 0 N–H and O–H groups in total. The second-order valence-electron chi connectivity index (χ2n) is 13.5. The quantitative estimate of drug-likeness (QED) is 0.167. The zero-order valence-electron chi connectivity index (χ0n) is 25.7. The molecule has 0 fully saturated rings. The Morgan fingerprint density at radius 2 is 1.17 bits per heavy atom. The molecule has 1 spiro atoms. The normalized spacial score (nSPS) is 16.4. The number of rotatable bonds is 1. The third-order valence-electron chi connectivity index (χ3n) is 11.4. The van der Waals surface area contributed by atoms with Crippen LogP contribution in [0.5, 0.6) is 0 Å². The maximum Gasteiger partial charge on any atom is 0.394 e. The fourth-order valence-electron chi connectivity index (χ4n) is 9.62. The van der Waals surface area contributed by atoms with Crippen molar-refractivity contribution in [1.29, 1.82) is 0 Å². The highest BCUT2D eigenvalue weighted by Crippen LogP contribution is 2.54. The predicted molar refractivity (Wildman–Crippen MR) is 189 cm³/mol. The second kappa shape index (κ2) is 7.73. The first kappa shape index (κ1) is 23.8. The van der Waals surface area contributed by atoms with Crippen LogP contribution in [0.4, 0.5) is 0 Å². The van der Waals surface area contributed by atoms with E-state index < -0.39 is 5.66 Å². The van der Waals surface area contributed by atoms with Crippen LogP contribution in [-0.2, 0) is 5.66 Å². The van der Waals surface area contributed by atoms with Crippen LogP contribution in [0.2, 0.25) is 0 Å². The van der Waals surface area contributed by atoms with E-state index in [1.807, 2.05) is 0 Å².